The Labute approximate surface area is 113 Å². The standard InChI is InChI=1S/C15H18N4/c1-19(11-9-13-4-2-3-10-18-13)14-7-5-12(6-8-14)15(16)17/h2-8,10H,9,11H2,1H3,(H3,16,17). The number of aromatic nitrogens is 1. The lowest BCUT2D eigenvalue weighted by atomic mass is 10.2. The van der Waals surface area contributed by atoms with Crippen LogP contribution in [0.1, 0.15) is 11.3 Å². The van der Waals surface area contributed by atoms with Crippen molar-refractivity contribution in [3.63, 3.8) is 0 Å². The van der Waals surface area contributed by atoms with E-state index in [4.69, 9.17) is 11.1 Å². The Balaban J connectivity index is 1.96. The van der Waals surface area contributed by atoms with Gasteiger partial charge in [-0.2, -0.15) is 0 Å². The van der Waals surface area contributed by atoms with Crippen LogP contribution in [0.3, 0.4) is 0 Å². The first-order valence-corrected chi connectivity index (χ1v) is 6.22. The van der Waals surface area contributed by atoms with Crippen molar-refractivity contribution in [2.24, 2.45) is 5.73 Å². The van der Waals surface area contributed by atoms with E-state index in [1.807, 2.05) is 55.7 Å². The van der Waals surface area contributed by atoms with E-state index in [1.165, 1.54) is 0 Å². The molecule has 1 aromatic carbocycles. The van der Waals surface area contributed by atoms with Gasteiger partial charge in [0.2, 0.25) is 0 Å². The van der Waals surface area contributed by atoms with Crippen LogP contribution in [0.15, 0.2) is 48.7 Å². The second kappa shape index (κ2) is 6.00. The van der Waals surface area contributed by atoms with E-state index in [2.05, 4.69) is 9.88 Å². The van der Waals surface area contributed by atoms with Crippen LogP contribution in [0.2, 0.25) is 0 Å². The first-order chi connectivity index (χ1) is 9.16. The predicted molar refractivity (Wildman–Crippen MR) is 78.7 cm³/mol. The highest BCUT2D eigenvalue weighted by atomic mass is 15.1. The minimum absolute atomic E-state index is 0.0997. The van der Waals surface area contributed by atoms with Gasteiger partial charge in [0, 0.05) is 43.2 Å². The number of nitrogens with one attached hydrogen (secondary N) is 1. The molecule has 1 heterocycles. The number of pyridine rings is 1. The SMILES string of the molecule is CN(CCc1ccccn1)c1ccc(C(=N)N)cc1. The fourth-order valence-electron chi connectivity index (χ4n) is 1.85. The van der Waals surface area contributed by atoms with Crippen LogP contribution < -0.4 is 10.6 Å². The average Bonchev–Trinajstić information content (AvgIpc) is 2.46. The van der Waals surface area contributed by atoms with Gasteiger partial charge in [-0.15, -0.1) is 0 Å². The number of hydrogen-bond donors (Lipinski definition) is 2. The summed E-state index contributed by atoms with van der Waals surface area (Å²) in [5.74, 6) is 0.0997. The summed E-state index contributed by atoms with van der Waals surface area (Å²) in [5, 5.41) is 7.36. The first kappa shape index (κ1) is 13.1. The van der Waals surface area contributed by atoms with Gasteiger partial charge in [-0.1, -0.05) is 6.07 Å². The third-order valence-electron chi connectivity index (χ3n) is 3.05. The van der Waals surface area contributed by atoms with Crippen molar-refractivity contribution in [3.05, 3.63) is 59.9 Å². The van der Waals surface area contributed by atoms with Crippen LogP contribution >= 0.6 is 0 Å². The summed E-state index contributed by atoms with van der Waals surface area (Å²) in [5.41, 5.74) is 8.39. The van der Waals surface area contributed by atoms with Crippen LogP contribution in [0.4, 0.5) is 5.69 Å². The summed E-state index contributed by atoms with van der Waals surface area (Å²) in [6.07, 6.45) is 2.72. The predicted octanol–water partition coefficient (Wildman–Crippen LogP) is 2.04. The van der Waals surface area contributed by atoms with Gasteiger partial charge in [-0.25, -0.2) is 0 Å². The second-order valence-corrected chi connectivity index (χ2v) is 4.45. The number of benzene rings is 1. The number of likely N-dealkylation sites (N-methyl/N-ethyl adjacent to an activating group) is 1. The van der Waals surface area contributed by atoms with Crippen molar-refractivity contribution < 1.29 is 0 Å². The fourth-order valence-corrected chi connectivity index (χ4v) is 1.85. The molecule has 2 aromatic rings. The van der Waals surface area contributed by atoms with Crippen molar-refractivity contribution in [1.29, 1.82) is 5.41 Å². The van der Waals surface area contributed by atoms with Crippen LogP contribution in [0, 0.1) is 5.41 Å². The van der Waals surface area contributed by atoms with E-state index >= 15 is 0 Å². The van der Waals surface area contributed by atoms with Gasteiger partial charge in [-0.05, 0) is 36.4 Å². The molecule has 0 spiro atoms. The highest BCUT2D eigenvalue weighted by molar-refractivity contribution is 5.95. The summed E-state index contributed by atoms with van der Waals surface area (Å²) in [4.78, 5) is 6.48. The molecule has 4 heteroatoms. The van der Waals surface area contributed by atoms with E-state index in [9.17, 15) is 0 Å². The lowest BCUT2D eigenvalue weighted by Gasteiger charge is -2.19. The maximum atomic E-state index is 7.36. The van der Waals surface area contributed by atoms with Gasteiger partial charge in [0.15, 0.2) is 0 Å². The molecule has 0 atom stereocenters. The molecule has 19 heavy (non-hydrogen) atoms. The van der Waals surface area contributed by atoms with Crippen LogP contribution in [0.5, 0.6) is 0 Å². The minimum atomic E-state index is 0.0997. The number of anilines is 1. The first-order valence-electron chi connectivity index (χ1n) is 6.22. The Morgan fingerprint density at radius 3 is 2.53 bits per heavy atom. The van der Waals surface area contributed by atoms with Crippen molar-refractivity contribution in [2.45, 2.75) is 6.42 Å². The number of nitrogens with zero attached hydrogens (tertiary/aromatic N) is 2. The Bertz CT molecular complexity index is 534. The molecular weight excluding hydrogens is 236 g/mol. The molecule has 98 valence electrons. The number of nitrogen functional groups attached to an aromatic ring is 1. The van der Waals surface area contributed by atoms with Crippen LogP contribution in [0.25, 0.3) is 0 Å². The highest BCUT2D eigenvalue weighted by Crippen LogP contribution is 2.14. The molecular formula is C15H18N4. The summed E-state index contributed by atoms with van der Waals surface area (Å²) >= 11 is 0. The van der Waals surface area contributed by atoms with Crippen molar-refractivity contribution in [2.75, 3.05) is 18.5 Å². The van der Waals surface area contributed by atoms with Gasteiger partial charge in [0.05, 0.1) is 0 Å². The Morgan fingerprint density at radius 1 is 1.21 bits per heavy atom. The highest BCUT2D eigenvalue weighted by Gasteiger charge is 2.03. The van der Waals surface area contributed by atoms with Gasteiger partial charge >= 0.3 is 0 Å². The van der Waals surface area contributed by atoms with E-state index in [1.54, 1.807) is 0 Å². The molecule has 0 aliphatic rings. The lowest BCUT2D eigenvalue weighted by molar-refractivity contribution is 0.852. The summed E-state index contributed by atoms with van der Waals surface area (Å²) in [6.45, 7) is 0.899. The molecule has 0 amide bonds. The molecule has 0 fully saturated rings. The minimum Gasteiger partial charge on any atom is -0.384 e. The molecule has 2 rings (SSSR count). The van der Waals surface area contributed by atoms with Crippen molar-refractivity contribution >= 4 is 11.5 Å². The summed E-state index contributed by atoms with van der Waals surface area (Å²) in [7, 11) is 2.05. The largest absolute Gasteiger partial charge is 0.384 e. The monoisotopic (exact) mass is 254 g/mol. The molecule has 4 nitrogen and oxygen atoms in total. The van der Waals surface area contributed by atoms with Crippen molar-refractivity contribution in [3.8, 4) is 0 Å². The third-order valence-corrected chi connectivity index (χ3v) is 3.05. The molecule has 0 aliphatic heterocycles. The fraction of sp³-hybridized carbons (Fsp3) is 0.200. The quantitative estimate of drug-likeness (QED) is 0.634. The van der Waals surface area contributed by atoms with E-state index in [0.29, 0.717) is 0 Å². The number of hydrogen-bond acceptors (Lipinski definition) is 3. The second-order valence-electron chi connectivity index (χ2n) is 4.45. The topological polar surface area (TPSA) is 66.0 Å². The summed E-state index contributed by atoms with van der Waals surface area (Å²) < 4.78 is 0. The Morgan fingerprint density at radius 2 is 1.95 bits per heavy atom. The zero-order valence-corrected chi connectivity index (χ0v) is 11.0. The number of nitrogens with two attached hydrogens (primary N) is 1. The average molecular weight is 254 g/mol. The maximum Gasteiger partial charge on any atom is 0.122 e. The Hall–Kier alpha value is -2.36. The Kier molecular flexibility index (Phi) is 4.13. The number of rotatable bonds is 5. The molecule has 3 N–H and O–H groups in total. The molecule has 1 aromatic heterocycles. The third kappa shape index (κ3) is 3.55. The molecule has 0 saturated heterocycles. The normalized spacial score (nSPS) is 10.2. The van der Waals surface area contributed by atoms with Gasteiger partial charge in [0.1, 0.15) is 5.84 Å². The zero-order chi connectivity index (χ0) is 13.7. The van der Waals surface area contributed by atoms with Crippen LogP contribution in [-0.2, 0) is 6.42 Å². The smallest absolute Gasteiger partial charge is 0.122 e. The van der Waals surface area contributed by atoms with E-state index in [0.717, 1.165) is 29.9 Å². The summed E-state index contributed by atoms with van der Waals surface area (Å²) in [6, 6.07) is 13.7. The molecule has 0 unspecified atom stereocenters. The molecule has 0 aliphatic carbocycles. The zero-order valence-electron chi connectivity index (χ0n) is 11.0. The molecule has 0 bridgehead atoms. The van der Waals surface area contributed by atoms with Gasteiger partial charge in [0.25, 0.3) is 0 Å². The number of amidine groups is 1. The van der Waals surface area contributed by atoms with Gasteiger partial charge < -0.3 is 10.6 Å². The lowest BCUT2D eigenvalue weighted by Crippen LogP contribution is -2.20. The van der Waals surface area contributed by atoms with E-state index in [-0.39, 0.29) is 5.84 Å². The maximum absolute atomic E-state index is 7.36. The van der Waals surface area contributed by atoms with E-state index < -0.39 is 0 Å². The van der Waals surface area contributed by atoms with Crippen molar-refractivity contribution in [1.82, 2.24) is 4.98 Å². The molecule has 0 radical (unpaired) electrons. The van der Waals surface area contributed by atoms with Gasteiger partial charge in [-0.3, -0.25) is 10.4 Å². The van der Waals surface area contributed by atoms with Crippen LogP contribution in [-0.4, -0.2) is 24.4 Å². The molecule has 0 saturated carbocycles.